The van der Waals surface area contributed by atoms with Crippen LogP contribution in [0.15, 0.2) is 71.9 Å². The van der Waals surface area contributed by atoms with Gasteiger partial charge in [0.05, 0.1) is 17.1 Å². The van der Waals surface area contributed by atoms with E-state index in [0.29, 0.717) is 17.2 Å². The number of pyridine rings is 1. The molecule has 4 rings (SSSR count). The standard InChI is InChI=1S/C20H18N2O4S/c1-15-4-6-17(7-5-15)22(13-16-3-2-10-21-12-16)27(23,24)18-8-9-19-20(11-18)26-14-25-19/h2-12H,13-14H2,1H3. The maximum atomic E-state index is 13.4. The average Bonchev–Trinajstić information content (AvgIpc) is 3.15. The number of hydrogen-bond donors (Lipinski definition) is 0. The molecule has 7 heteroatoms. The molecular formula is C20H18N2O4S. The third kappa shape index (κ3) is 3.46. The lowest BCUT2D eigenvalue weighted by Crippen LogP contribution is -2.30. The monoisotopic (exact) mass is 382 g/mol. The third-order valence-corrected chi connectivity index (χ3v) is 6.07. The molecule has 0 fully saturated rings. The molecule has 3 aromatic rings. The fourth-order valence-electron chi connectivity index (χ4n) is 2.85. The van der Waals surface area contributed by atoms with E-state index in [1.54, 1.807) is 36.7 Å². The average molecular weight is 382 g/mol. The molecule has 0 spiro atoms. The Morgan fingerprint density at radius 1 is 1.04 bits per heavy atom. The molecule has 2 heterocycles. The van der Waals surface area contributed by atoms with Gasteiger partial charge in [-0.3, -0.25) is 9.29 Å². The van der Waals surface area contributed by atoms with Crippen molar-refractivity contribution >= 4 is 15.7 Å². The van der Waals surface area contributed by atoms with E-state index in [1.807, 2.05) is 25.1 Å². The second-order valence-electron chi connectivity index (χ2n) is 6.22. The number of ether oxygens (including phenoxy) is 2. The molecule has 0 saturated heterocycles. The predicted octanol–water partition coefficient (Wildman–Crippen LogP) is 3.51. The van der Waals surface area contributed by atoms with Crippen molar-refractivity contribution in [1.29, 1.82) is 0 Å². The SMILES string of the molecule is Cc1ccc(N(Cc2cccnc2)S(=O)(=O)c2ccc3c(c2)OCO3)cc1. The smallest absolute Gasteiger partial charge is 0.264 e. The maximum Gasteiger partial charge on any atom is 0.264 e. The molecule has 0 N–H and O–H groups in total. The molecule has 0 unspecified atom stereocenters. The van der Waals surface area contributed by atoms with Crippen LogP contribution in [0.4, 0.5) is 5.69 Å². The van der Waals surface area contributed by atoms with Crippen LogP contribution in [0.1, 0.15) is 11.1 Å². The third-order valence-electron chi connectivity index (χ3n) is 4.30. The van der Waals surface area contributed by atoms with E-state index in [0.717, 1.165) is 11.1 Å². The summed E-state index contributed by atoms with van der Waals surface area (Å²) < 4.78 is 38.9. The quantitative estimate of drug-likeness (QED) is 0.675. The molecule has 27 heavy (non-hydrogen) atoms. The summed E-state index contributed by atoms with van der Waals surface area (Å²) in [5.74, 6) is 0.976. The lowest BCUT2D eigenvalue weighted by atomic mass is 10.2. The minimum Gasteiger partial charge on any atom is -0.454 e. The van der Waals surface area contributed by atoms with E-state index in [2.05, 4.69) is 4.98 Å². The van der Waals surface area contributed by atoms with Gasteiger partial charge in [-0.25, -0.2) is 8.42 Å². The Labute approximate surface area is 158 Å². The Bertz CT molecular complexity index is 1050. The van der Waals surface area contributed by atoms with Gasteiger partial charge in [0, 0.05) is 18.5 Å². The Morgan fingerprint density at radius 2 is 1.81 bits per heavy atom. The number of nitrogens with zero attached hydrogens (tertiary/aromatic N) is 2. The van der Waals surface area contributed by atoms with E-state index in [1.165, 1.54) is 16.4 Å². The second kappa shape index (κ2) is 6.92. The number of aromatic nitrogens is 1. The van der Waals surface area contributed by atoms with Crippen LogP contribution in [0.3, 0.4) is 0 Å². The summed E-state index contributed by atoms with van der Waals surface area (Å²) >= 11 is 0. The highest BCUT2D eigenvalue weighted by atomic mass is 32.2. The summed E-state index contributed by atoms with van der Waals surface area (Å²) in [4.78, 5) is 4.24. The lowest BCUT2D eigenvalue weighted by Gasteiger charge is -2.25. The molecule has 0 radical (unpaired) electrons. The second-order valence-corrected chi connectivity index (χ2v) is 8.09. The molecule has 1 aromatic heterocycles. The van der Waals surface area contributed by atoms with Gasteiger partial charge in [0.2, 0.25) is 6.79 Å². The van der Waals surface area contributed by atoms with Crippen molar-refractivity contribution in [2.75, 3.05) is 11.1 Å². The van der Waals surface area contributed by atoms with Gasteiger partial charge in [-0.05, 0) is 42.8 Å². The van der Waals surface area contributed by atoms with E-state index in [9.17, 15) is 8.42 Å². The highest BCUT2D eigenvalue weighted by molar-refractivity contribution is 7.92. The zero-order valence-corrected chi connectivity index (χ0v) is 15.5. The van der Waals surface area contributed by atoms with Gasteiger partial charge in [0.15, 0.2) is 11.5 Å². The lowest BCUT2D eigenvalue weighted by molar-refractivity contribution is 0.174. The molecular weight excluding hydrogens is 364 g/mol. The number of anilines is 1. The van der Waals surface area contributed by atoms with Crippen LogP contribution in [0, 0.1) is 6.92 Å². The number of rotatable bonds is 5. The van der Waals surface area contributed by atoms with Crippen LogP contribution in [-0.2, 0) is 16.6 Å². The fraction of sp³-hybridized carbons (Fsp3) is 0.150. The molecule has 0 atom stereocenters. The summed E-state index contributed by atoms with van der Waals surface area (Å²) in [5, 5.41) is 0. The number of sulfonamides is 1. The Balaban J connectivity index is 1.77. The van der Waals surface area contributed by atoms with Gasteiger partial charge in [0.1, 0.15) is 0 Å². The van der Waals surface area contributed by atoms with Gasteiger partial charge in [-0.15, -0.1) is 0 Å². The van der Waals surface area contributed by atoms with Crippen molar-refractivity contribution < 1.29 is 17.9 Å². The number of benzene rings is 2. The summed E-state index contributed by atoms with van der Waals surface area (Å²) in [5.41, 5.74) is 2.44. The van der Waals surface area contributed by atoms with Crippen molar-refractivity contribution in [1.82, 2.24) is 4.98 Å². The van der Waals surface area contributed by atoms with E-state index in [-0.39, 0.29) is 18.2 Å². The zero-order chi connectivity index (χ0) is 18.9. The number of aryl methyl sites for hydroxylation is 1. The normalized spacial score (nSPS) is 12.8. The highest BCUT2D eigenvalue weighted by Gasteiger charge is 2.27. The Hall–Kier alpha value is -3.06. The summed E-state index contributed by atoms with van der Waals surface area (Å²) in [6.07, 6.45) is 3.32. The van der Waals surface area contributed by atoms with Crippen molar-refractivity contribution in [3.8, 4) is 11.5 Å². The molecule has 0 aliphatic carbocycles. The Morgan fingerprint density at radius 3 is 2.56 bits per heavy atom. The maximum absolute atomic E-state index is 13.4. The van der Waals surface area contributed by atoms with E-state index >= 15 is 0 Å². The largest absolute Gasteiger partial charge is 0.454 e. The summed E-state index contributed by atoms with van der Waals surface area (Å²) in [7, 11) is -3.82. The fourth-order valence-corrected chi connectivity index (χ4v) is 4.32. The molecule has 0 saturated carbocycles. The molecule has 6 nitrogen and oxygen atoms in total. The minimum absolute atomic E-state index is 0.0934. The summed E-state index contributed by atoms with van der Waals surface area (Å²) in [6, 6.07) is 15.7. The van der Waals surface area contributed by atoms with Crippen molar-refractivity contribution in [2.24, 2.45) is 0 Å². The van der Waals surface area contributed by atoms with E-state index in [4.69, 9.17) is 9.47 Å². The topological polar surface area (TPSA) is 68.7 Å². The first-order valence-corrected chi connectivity index (χ1v) is 9.86. The van der Waals surface area contributed by atoms with Crippen LogP contribution in [-0.4, -0.2) is 20.2 Å². The number of fused-ring (bicyclic) bond motifs is 1. The van der Waals surface area contributed by atoms with Crippen LogP contribution < -0.4 is 13.8 Å². The molecule has 2 aromatic carbocycles. The predicted molar refractivity (Wildman–Crippen MR) is 101 cm³/mol. The number of hydrogen-bond acceptors (Lipinski definition) is 5. The van der Waals surface area contributed by atoms with E-state index < -0.39 is 10.0 Å². The van der Waals surface area contributed by atoms with Crippen LogP contribution in [0.5, 0.6) is 11.5 Å². The first-order valence-electron chi connectivity index (χ1n) is 8.42. The molecule has 1 aliphatic heterocycles. The van der Waals surface area contributed by atoms with Crippen LogP contribution >= 0.6 is 0 Å². The van der Waals surface area contributed by atoms with Gasteiger partial charge in [-0.2, -0.15) is 0 Å². The van der Waals surface area contributed by atoms with Crippen molar-refractivity contribution in [3.63, 3.8) is 0 Å². The molecule has 0 bridgehead atoms. The van der Waals surface area contributed by atoms with Crippen LogP contribution in [0.25, 0.3) is 0 Å². The summed E-state index contributed by atoms with van der Waals surface area (Å²) in [6.45, 7) is 2.23. The minimum atomic E-state index is -3.82. The molecule has 138 valence electrons. The Kier molecular flexibility index (Phi) is 4.45. The first-order chi connectivity index (χ1) is 13.0. The van der Waals surface area contributed by atoms with Crippen LogP contribution in [0.2, 0.25) is 0 Å². The zero-order valence-electron chi connectivity index (χ0n) is 14.7. The van der Waals surface area contributed by atoms with Gasteiger partial charge >= 0.3 is 0 Å². The molecule has 0 amide bonds. The van der Waals surface area contributed by atoms with Gasteiger partial charge in [0.25, 0.3) is 10.0 Å². The van der Waals surface area contributed by atoms with Crippen molar-refractivity contribution in [2.45, 2.75) is 18.4 Å². The van der Waals surface area contributed by atoms with Gasteiger partial charge in [-0.1, -0.05) is 23.8 Å². The first kappa shape index (κ1) is 17.4. The highest BCUT2D eigenvalue weighted by Crippen LogP contribution is 2.35. The van der Waals surface area contributed by atoms with Crippen molar-refractivity contribution in [3.05, 3.63) is 78.1 Å². The molecule has 1 aliphatic rings. The van der Waals surface area contributed by atoms with Gasteiger partial charge < -0.3 is 9.47 Å².